The van der Waals surface area contributed by atoms with Crippen LogP contribution in [0, 0.1) is 5.92 Å². The van der Waals surface area contributed by atoms with Gasteiger partial charge in [0.05, 0.1) is 0 Å². The number of piperidine rings is 1. The maximum Gasteiger partial charge on any atom is 0.163 e. The van der Waals surface area contributed by atoms with Crippen molar-refractivity contribution in [1.82, 2.24) is 4.90 Å². The van der Waals surface area contributed by atoms with E-state index in [1.165, 1.54) is 5.56 Å². The van der Waals surface area contributed by atoms with Gasteiger partial charge in [0.15, 0.2) is 5.78 Å². The molecule has 0 spiro atoms. The van der Waals surface area contributed by atoms with E-state index in [2.05, 4.69) is 54.9 Å². The van der Waals surface area contributed by atoms with Gasteiger partial charge < -0.3 is 4.90 Å². The van der Waals surface area contributed by atoms with E-state index in [0.29, 0.717) is 12.3 Å². The molecule has 130 valence electrons. The van der Waals surface area contributed by atoms with Crippen molar-refractivity contribution in [2.24, 2.45) is 5.92 Å². The molecule has 3 rings (SSSR count). The fourth-order valence-corrected chi connectivity index (χ4v) is 3.44. The van der Waals surface area contributed by atoms with Crippen LogP contribution in [0.25, 0.3) is 16.7 Å². The SMILES string of the molecule is C=C(C)c1ccc(-c2ccc(C(=O)CC3CCN(C)CC3)cc2)cc1. The van der Waals surface area contributed by atoms with Crippen molar-refractivity contribution in [3.05, 3.63) is 66.2 Å². The van der Waals surface area contributed by atoms with Crippen LogP contribution in [-0.2, 0) is 0 Å². The van der Waals surface area contributed by atoms with Crippen LogP contribution in [0.2, 0.25) is 0 Å². The van der Waals surface area contributed by atoms with E-state index >= 15 is 0 Å². The monoisotopic (exact) mass is 333 g/mol. The maximum absolute atomic E-state index is 12.5. The maximum atomic E-state index is 12.5. The number of carbonyl (C=O) groups is 1. The van der Waals surface area contributed by atoms with Crippen molar-refractivity contribution < 1.29 is 4.79 Å². The first-order valence-corrected chi connectivity index (χ1v) is 9.11. The van der Waals surface area contributed by atoms with Crippen molar-refractivity contribution in [3.8, 4) is 11.1 Å². The Balaban J connectivity index is 1.65. The number of benzene rings is 2. The second-order valence-electron chi connectivity index (χ2n) is 7.31. The molecule has 0 unspecified atom stereocenters. The number of nitrogens with zero attached hydrogens (tertiary/aromatic N) is 1. The Bertz CT molecular complexity index is 735. The molecule has 1 heterocycles. The lowest BCUT2D eigenvalue weighted by atomic mass is 9.89. The Morgan fingerprint density at radius 3 is 1.92 bits per heavy atom. The quantitative estimate of drug-likeness (QED) is 0.692. The van der Waals surface area contributed by atoms with E-state index in [1.807, 2.05) is 19.1 Å². The van der Waals surface area contributed by atoms with E-state index in [9.17, 15) is 4.79 Å². The molecule has 0 atom stereocenters. The fourth-order valence-electron chi connectivity index (χ4n) is 3.44. The average molecular weight is 333 g/mol. The van der Waals surface area contributed by atoms with Gasteiger partial charge in [-0.1, -0.05) is 60.7 Å². The summed E-state index contributed by atoms with van der Waals surface area (Å²) in [7, 11) is 2.15. The van der Waals surface area contributed by atoms with Gasteiger partial charge in [-0.25, -0.2) is 0 Å². The molecule has 0 aliphatic carbocycles. The van der Waals surface area contributed by atoms with Gasteiger partial charge >= 0.3 is 0 Å². The standard InChI is InChI=1S/C23H27NO/c1-17(2)19-4-6-20(7-5-19)21-8-10-22(11-9-21)23(25)16-18-12-14-24(3)15-13-18/h4-11,18H,1,12-16H2,2-3H3. The summed E-state index contributed by atoms with van der Waals surface area (Å²) in [6, 6.07) is 16.5. The number of ketones is 1. The van der Waals surface area contributed by atoms with E-state index in [4.69, 9.17) is 0 Å². The molecule has 1 fully saturated rings. The van der Waals surface area contributed by atoms with Gasteiger partial charge in [-0.05, 0) is 62.5 Å². The van der Waals surface area contributed by atoms with E-state index in [1.54, 1.807) is 0 Å². The molecule has 0 saturated carbocycles. The number of allylic oxidation sites excluding steroid dienone is 1. The number of rotatable bonds is 5. The van der Waals surface area contributed by atoms with Gasteiger partial charge in [0.1, 0.15) is 0 Å². The van der Waals surface area contributed by atoms with Crippen LogP contribution in [0.3, 0.4) is 0 Å². The molecule has 0 N–H and O–H groups in total. The zero-order valence-corrected chi connectivity index (χ0v) is 15.3. The average Bonchev–Trinajstić information content (AvgIpc) is 2.64. The highest BCUT2D eigenvalue weighted by Crippen LogP contribution is 2.25. The van der Waals surface area contributed by atoms with E-state index in [0.717, 1.165) is 48.2 Å². The molecule has 1 aliphatic heterocycles. The first-order valence-electron chi connectivity index (χ1n) is 9.11. The van der Waals surface area contributed by atoms with Crippen LogP contribution < -0.4 is 0 Å². The minimum Gasteiger partial charge on any atom is -0.306 e. The fraction of sp³-hybridized carbons (Fsp3) is 0.348. The number of hydrogen-bond acceptors (Lipinski definition) is 2. The third kappa shape index (κ3) is 4.46. The van der Waals surface area contributed by atoms with Crippen LogP contribution in [-0.4, -0.2) is 30.8 Å². The van der Waals surface area contributed by atoms with Gasteiger partial charge in [0.25, 0.3) is 0 Å². The summed E-state index contributed by atoms with van der Waals surface area (Å²) in [4.78, 5) is 14.9. The highest BCUT2D eigenvalue weighted by Gasteiger charge is 2.20. The highest BCUT2D eigenvalue weighted by molar-refractivity contribution is 5.96. The highest BCUT2D eigenvalue weighted by atomic mass is 16.1. The minimum absolute atomic E-state index is 0.277. The Morgan fingerprint density at radius 1 is 0.960 bits per heavy atom. The molecule has 2 heteroatoms. The predicted octanol–water partition coefficient (Wildman–Crippen LogP) is 5.30. The number of carbonyl (C=O) groups excluding carboxylic acids is 1. The number of Topliss-reactive ketones (excluding diaryl/α,β-unsaturated/α-hetero) is 1. The van der Waals surface area contributed by atoms with Crippen molar-refractivity contribution >= 4 is 11.4 Å². The second-order valence-corrected chi connectivity index (χ2v) is 7.31. The Kier molecular flexibility index (Phi) is 5.50. The normalized spacial score (nSPS) is 15.9. The molecule has 1 saturated heterocycles. The molecule has 1 aliphatic rings. The molecule has 0 bridgehead atoms. The predicted molar refractivity (Wildman–Crippen MR) is 106 cm³/mol. The molecular weight excluding hydrogens is 306 g/mol. The van der Waals surface area contributed by atoms with Crippen molar-refractivity contribution in [3.63, 3.8) is 0 Å². The molecule has 0 radical (unpaired) electrons. The van der Waals surface area contributed by atoms with Crippen molar-refractivity contribution in [1.29, 1.82) is 0 Å². The smallest absolute Gasteiger partial charge is 0.163 e. The summed E-state index contributed by atoms with van der Waals surface area (Å²) in [5, 5.41) is 0. The lowest BCUT2D eigenvalue weighted by Crippen LogP contribution is -2.31. The summed E-state index contributed by atoms with van der Waals surface area (Å²) >= 11 is 0. The Morgan fingerprint density at radius 2 is 1.44 bits per heavy atom. The van der Waals surface area contributed by atoms with E-state index in [-0.39, 0.29) is 5.78 Å². The van der Waals surface area contributed by atoms with Crippen LogP contribution in [0.1, 0.15) is 42.1 Å². The van der Waals surface area contributed by atoms with Crippen LogP contribution >= 0.6 is 0 Å². The van der Waals surface area contributed by atoms with Gasteiger partial charge in [-0.3, -0.25) is 4.79 Å². The van der Waals surface area contributed by atoms with Crippen molar-refractivity contribution in [2.75, 3.05) is 20.1 Å². The first kappa shape index (κ1) is 17.6. The Labute approximate surface area is 151 Å². The van der Waals surface area contributed by atoms with Crippen molar-refractivity contribution in [2.45, 2.75) is 26.2 Å². The third-order valence-electron chi connectivity index (χ3n) is 5.23. The molecular formula is C23H27NO. The summed E-state index contributed by atoms with van der Waals surface area (Å²) in [5.41, 5.74) is 5.37. The summed E-state index contributed by atoms with van der Waals surface area (Å²) in [6.07, 6.45) is 2.95. The number of likely N-dealkylation sites (tertiary alicyclic amines) is 1. The van der Waals surface area contributed by atoms with Crippen LogP contribution in [0.15, 0.2) is 55.1 Å². The Hall–Kier alpha value is -2.19. The van der Waals surface area contributed by atoms with Gasteiger partial charge in [-0.15, -0.1) is 0 Å². The first-order chi connectivity index (χ1) is 12.0. The van der Waals surface area contributed by atoms with Crippen LogP contribution in [0.4, 0.5) is 0 Å². The molecule has 2 nitrogen and oxygen atoms in total. The molecule has 0 amide bonds. The zero-order chi connectivity index (χ0) is 17.8. The van der Waals surface area contributed by atoms with Gasteiger partial charge in [-0.2, -0.15) is 0 Å². The second kappa shape index (κ2) is 7.79. The molecule has 2 aromatic rings. The topological polar surface area (TPSA) is 20.3 Å². The zero-order valence-electron chi connectivity index (χ0n) is 15.3. The lowest BCUT2D eigenvalue weighted by Gasteiger charge is -2.28. The largest absolute Gasteiger partial charge is 0.306 e. The van der Waals surface area contributed by atoms with Gasteiger partial charge in [0.2, 0.25) is 0 Å². The van der Waals surface area contributed by atoms with Gasteiger partial charge in [0, 0.05) is 12.0 Å². The number of hydrogen-bond donors (Lipinski definition) is 0. The third-order valence-corrected chi connectivity index (χ3v) is 5.23. The lowest BCUT2D eigenvalue weighted by molar-refractivity contribution is 0.0936. The summed E-state index contributed by atoms with van der Waals surface area (Å²) < 4.78 is 0. The summed E-state index contributed by atoms with van der Waals surface area (Å²) in [6.45, 7) is 8.20. The summed E-state index contributed by atoms with van der Waals surface area (Å²) in [5.74, 6) is 0.816. The molecule has 25 heavy (non-hydrogen) atoms. The molecule has 2 aromatic carbocycles. The minimum atomic E-state index is 0.277. The van der Waals surface area contributed by atoms with E-state index < -0.39 is 0 Å². The van der Waals surface area contributed by atoms with Crippen LogP contribution in [0.5, 0.6) is 0 Å². The molecule has 0 aromatic heterocycles.